The van der Waals surface area contributed by atoms with Crippen LogP contribution in [-0.4, -0.2) is 6.61 Å². The summed E-state index contributed by atoms with van der Waals surface area (Å²) in [5.74, 6) is -2.73. The van der Waals surface area contributed by atoms with Gasteiger partial charge in [-0.05, 0) is 35.7 Å². The number of rotatable bonds is 8. The standard InChI is InChI=1S/C23H21F3O2/c1-2-3-14-27-20-12-13-21(23(26)22(20)25)28-15-16-8-10-17(11-9-16)18-6-4-5-7-19(18)24/h4-13H,2-3,14-15H2,1H3. The molecule has 5 heteroatoms. The maximum atomic E-state index is 14.2. The van der Waals surface area contributed by atoms with Gasteiger partial charge in [0, 0.05) is 5.56 Å². The van der Waals surface area contributed by atoms with Gasteiger partial charge in [0.25, 0.3) is 0 Å². The van der Waals surface area contributed by atoms with Crippen molar-refractivity contribution in [3.8, 4) is 22.6 Å². The number of hydrogen-bond donors (Lipinski definition) is 0. The van der Waals surface area contributed by atoms with E-state index in [0.29, 0.717) is 12.2 Å². The molecule has 146 valence electrons. The van der Waals surface area contributed by atoms with Crippen LogP contribution < -0.4 is 9.47 Å². The van der Waals surface area contributed by atoms with Crippen LogP contribution in [0.1, 0.15) is 25.3 Å². The molecule has 0 amide bonds. The van der Waals surface area contributed by atoms with Crippen molar-refractivity contribution in [2.45, 2.75) is 26.4 Å². The summed E-state index contributed by atoms with van der Waals surface area (Å²) in [6, 6.07) is 16.3. The van der Waals surface area contributed by atoms with E-state index in [4.69, 9.17) is 9.47 Å². The summed E-state index contributed by atoms with van der Waals surface area (Å²) in [6.07, 6.45) is 1.67. The average molecular weight is 386 g/mol. The lowest BCUT2D eigenvalue weighted by molar-refractivity contribution is 0.267. The predicted octanol–water partition coefficient (Wildman–Crippen LogP) is 6.53. The Labute approximate surface area is 162 Å². The van der Waals surface area contributed by atoms with Gasteiger partial charge in [0.05, 0.1) is 6.61 Å². The van der Waals surface area contributed by atoms with E-state index in [1.165, 1.54) is 18.2 Å². The largest absolute Gasteiger partial charge is 0.490 e. The summed E-state index contributed by atoms with van der Waals surface area (Å²) in [4.78, 5) is 0. The van der Waals surface area contributed by atoms with E-state index >= 15 is 0 Å². The first-order chi connectivity index (χ1) is 13.6. The summed E-state index contributed by atoms with van der Waals surface area (Å²) in [7, 11) is 0. The highest BCUT2D eigenvalue weighted by molar-refractivity contribution is 5.64. The molecule has 3 rings (SSSR count). The molecule has 0 aliphatic rings. The highest BCUT2D eigenvalue weighted by atomic mass is 19.2. The van der Waals surface area contributed by atoms with Crippen LogP contribution in [0.3, 0.4) is 0 Å². The van der Waals surface area contributed by atoms with Gasteiger partial charge in [-0.2, -0.15) is 8.78 Å². The molecule has 3 aromatic carbocycles. The van der Waals surface area contributed by atoms with Gasteiger partial charge in [0.15, 0.2) is 11.5 Å². The van der Waals surface area contributed by atoms with Crippen molar-refractivity contribution in [3.05, 3.63) is 83.7 Å². The van der Waals surface area contributed by atoms with Gasteiger partial charge in [-0.15, -0.1) is 0 Å². The third-order valence-electron chi connectivity index (χ3n) is 4.30. The highest BCUT2D eigenvalue weighted by Crippen LogP contribution is 2.29. The fourth-order valence-corrected chi connectivity index (χ4v) is 2.70. The van der Waals surface area contributed by atoms with Crippen LogP contribution in [-0.2, 0) is 6.61 Å². The van der Waals surface area contributed by atoms with Gasteiger partial charge >= 0.3 is 0 Å². The third-order valence-corrected chi connectivity index (χ3v) is 4.30. The van der Waals surface area contributed by atoms with E-state index < -0.39 is 11.6 Å². The minimum atomic E-state index is -1.07. The molecule has 0 aliphatic heterocycles. The zero-order chi connectivity index (χ0) is 19.9. The molecule has 28 heavy (non-hydrogen) atoms. The predicted molar refractivity (Wildman–Crippen MR) is 103 cm³/mol. The number of benzene rings is 3. The lowest BCUT2D eigenvalue weighted by atomic mass is 10.0. The molecular formula is C23H21F3O2. The SMILES string of the molecule is CCCCOc1ccc(OCc2ccc(-c3ccccc3F)cc2)c(F)c1F. The Morgan fingerprint density at radius 2 is 1.39 bits per heavy atom. The van der Waals surface area contributed by atoms with Gasteiger partial charge < -0.3 is 9.47 Å². The van der Waals surface area contributed by atoms with Gasteiger partial charge in [-0.1, -0.05) is 55.8 Å². The second-order valence-electron chi connectivity index (χ2n) is 6.36. The molecule has 0 heterocycles. The van der Waals surface area contributed by atoms with Gasteiger partial charge in [0.2, 0.25) is 11.6 Å². The van der Waals surface area contributed by atoms with Crippen molar-refractivity contribution in [2.24, 2.45) is 0 Å². The smallest absolute Gasteiger partial charge is 0.204 e. The van der Waals surface area contributed by atoms with Crippen LogP contribution >= 0.6 is 0 Å². The lowest BCUT2D eigenvalue weighted by Crippen LogP contribution is -2.03. The quantitative estimate of drug-likeness (QED) is 0.410. The fourth-order valence-electron chi connectivity index (χ4n) is 2.70. The molecule has 0 aliphatic carbocycles. The Morgan fingerprint density at radius 1 is 0.750 bits per heavy atom. The van der Waals surface area contributed by atoms with Crippen molar-refractivity contribution in [1.82, 2.24) is 0 Å². The first-order valence-corrected chi connectivity index (χ1v) is 9.17. The van der Waals surface area contributed by atoms with Gasteiger partial charge in [0.1, 0.15) is 12.4 Å². The molecule has 0 saturated heterocycles. The number of unbranched alkanes of at least 4 members (excludes halogenated alkanes) is 1. The summed E-state index contributed by atoms with van der Waals surface area (Å²) >= 11 is 0. The molecule has 0 bridgehead atoms. The minimum Gasteiger partial charge on any atom is -0.490 e. The second-order valence-corrected chi connectivity index (χ2v) is 6.36. The highest BCUT2D eigenvalue weighted by Gasteiger charge is 2.16. The summed E-state index contributed by atoms with van der Waals surface area (Å²) in [6.45, 7) is 2.38. The first kappa shape index (κ1) is 19.8. The molecule has 0 fully saturated rings. The molecule has 0 aromatic heterocycles. The first-order valence-electron chi connectivity index (χ1n) is 9.17. The van der Waals surface area contributed by atoms with E-state index in [2.05, 4.69) is 0 Å². The van der Waals surface area contributed by atoms with Crippen LogP contribution in [0.25, 0.3) is 11.1 Å². The summed E-state index contributed by atoms with van der Waals surface area (Å²) < 4.78 is 52.8. The normalized spacial score (nSPS) is 10.7. The van der Waals surface area contributed by atoms with Crippen LogP contribution in [0, 0.1) is 17.5 Å². The molecule has 0 unspecified atom stereocenters. The fraction of sp³-hybridized carbons (Fsp3) is 0.217. The van der Waals surface area contributed by atoms with Crippen molar-refractivity contribution in [2.75, 3.05) is 6.61 Å². The van der Waals surface area contributed by atoms with Crippen LogP contribution in [0.4, 0.5) is 13.2 Å². The van der Waals surface area contributed by atoms with Crippen molar-refractivity contribution in [1.29, 1.82) is 0 Å². The molecule has 3 aromatic rings. The van der Waals surface area contributed by atoms with Crippen molar-refractivity contribution < 1.29 is 22.6 Å². The van der Waals surface area contributed by atoms with Gasteiger partial charge in [-0.25, -0.2) is 4.39 Å². The number of hydrogen-bond acceptors (Lipinski definition) is 2. The molecule has 0 atom stereocenters. The third kappa shape index (κ3) is 4.66. The molecule has 0 saturated carbocycles. The van der Waals surface area contributed by atoms with E-state index in [-0.39, 0.29) is 23.9 Å². The molecule has 0 spiro atoms. The molecular weight excluding hydrogens is 365 g/mol. The van der Waals surface area contributed by atoms with E-state index in [9.17, 15) is 13.2 Å². The zero-order valence-electron chi connectivity index (χ0n) is 15.6. The Balaban J connectivity index is 1.65. The Morgan fingerprint density at radius 3 is 2.04 bits per heavy atom. The maximum Gasteiger partial charge on any atom is 0.204 e. The van der Waals surface area contributed by atoms with E-state index in [1.54, 1.807) is 42.5 Å². The van der Waals surface area contributed by atoms with Crippen LogP contribution in [0.5, 0.6) is 11.5 Å². The summed E-state index contributed by atoms with van der Waals surface area (Å²) in [5, 5.41) is 0. The molecule has 0 N–H and O–H groups in total. The number of ether oxygens (including phenoxy) is 2. The Kier molecular flexibility index (Phi) is 6.58. The topological polar surface area (TPSA) is 18.5 Å². The summed E-state index contributed by atoms with van der Waals surface area (Å²) in [5.41, 5.74) is 1.98. The van der Waals surface area contributed by atoms with Crippen LogP contribution in [0.2, 0.25) is 0 Å². The average Bonchev–Trinajstić information content (AvgIpc) is 2.71. The molecule has 0 radical (unpaired) electrons. The minimum absolute atomic E-state index is 0.0595. The van der Waals surface area contributed by atoms with Crippen molar-refractivity contribution >= 4 is 0 Å². The van der Waals surface area contributed by atoms with Crippen molar-refractivity contribution in [3.63, 3.8) is 0 Å². The van der Waals surface area contributed by atoms with Gasteiger partial charge in [-0.3, -0.25) is 0 Å². The second kappa shape index (κ2) is 9.31. The lowest BCUT2D eigenvalue weighted by Gasteiger charge is -2.11. The Bertz CT molecular complexity index is 924. The molecule has 2 nitrogen and oxygen atoms in total. The van der Waals surface area contributed by atoms with E-state index in [0.717, 1.165) is 24.0 Å². The maximum absolute atomic E-state index is 14.2. The Hall–Kier alpha value is -2.95. The monoisotopic (exact) mass is 386 g/mol. The zero-order valence-corrected chi connectivity index (χ0v) is 15.6. The van der Waals surface area contributed by atoms with Crippen LogP contribution in [0.15, 0.2) is 60.7 Å². The van der Waals surface area contributed by atoms with E-state index in [1.807, 2.05) is 6.92 Å². The number of halogens is 3.